The molecule has 3 heterocycles. The average molecular weight is 407 g/mol. The first kappa shape index (κ1) is 19.7. The van der Waals surface area contributed by atoms with Crippen LogP contribution < -0.4 is 4.90 Å². The van der Waals surface area contributed by atoms with Gasteiger partial charge in [0, 0.05) is 63.6 Å². The summed E-state index contributed by atoms with van der Waals surface area (Å²) in [5.74, 6) is -0.0107. The van der Waals surface area contributed by atoms with Crippen LogP contribution >= 0.6 is 0 Å². The van der Waals surface area contributed by atoms with E-state index in [1.54, 1.807) is 9.21 Å². The minimum absolute atomic E-state index is 0.0107. The molecule has 0 spiro atoms. The van der Waals surface area contributed by atoms with Gasteiger partial charge in [0.25, 0.3) is 16.1 Å². The number of carbonyl (C=O) groups excluding carboxylic acids is 1. The van der Waals surface area contributed by atoms with Gasteiger partial charge in [-0.2, -0.15) is 17.0 Å². The van der Waals surface area contributed by atoms with E-state index < -0.39 is 10.2 Å². The van der Waals surface area contributed by atoms with Crippen LogP contribution in [-0.2, 0) is 10.2 Å². The van der Waals surface area contributed by atoms with Crippen LogP contribution in [-0.4, -0.2) is 80.2 Å². The Labute approximate surface area is 168 Å². The second-order valence-electron chi connectivity index (χ2n) is 7.90. The van der Waals surface area contributed by atoms with Crippen molar-refractivity contribution in [2.24, 2.45) is 0 Å². The summed E-state index contributed by atoms with van der Waals surface area (Å²) >= 11 is 0. The lowest BCUT2D eigenvalue weighted by Gasteiger charge is -2.36. The molecule has 0 N–H and O–H groups in total. The molecular weight excluding hydrogens is 376 g/mol. The van der Waals surface area contributed by atoms with Crippen molar-refractivity contribution in [3.63, 3.8) is 0 Å². The molecule has 1 aromatic carbocycles. The molecule has 28 heavy (non-hydrogen) atoms. The zero-order valence-corrected chi connectivity index (χ0v) is 17.2. The molecule has 0 aromatic heterocycles. The zero-order valence-electron chi connectivity index (χ0n) is 16.4. The first-order chi connectivity index (χ1) is 13.6. The lowest BCUT2D eigenvalue weighted by Crippen LogP contribution is -2.53. The Morgan fingerprint density at radius 1 is 0.679 bits per heavy atom. The Morgan fingerprint density at radius 2 is 1.21 bits per heavy atom. The van der Waals surface area contributed by atoms with Crippen LogP contribution in [0.2, 0.25) is 0 Å². The average Bonchev–Trinajstić information content (AvgIpc) is 3.30. The third-order valence-corrected chi connectivity index (χ3v) is 8.11. The predicted molar refractivity (Wildman–Crippen MR) is 110 cm³/mol. The molecule has 3 aliphatic rings. The minimum Gasteiger partial charge on any atom is -0.372 e. The molecule has 0 saturated carbocycles. The van der Waals surface area contributed by atoms with Crippen molar-refractivity contribution >= 4 is 21.8 Å². The molecule has 3 fully saturated rings. The SMILES string of the molecule is O=C(c1ccc(N2CCCCC2)cc1)N1CCN(S(=O)(=O)N2CCCC2)CC1. The highest BCUT2D eigenvalue weighted by atomic mass is 32.2. The van der Waals surface area contributed by atoms with Crippen LogP contribution in [0.1, 0.15) is 42.5 Å². The van der Waals surface area contributed by atoms with Gasteiger partial charge in [-0.3, -0.25) is 4.79 Å². The summed E-state index contributed by atoms with van der Waals surface area (Å²) in [6.45, 7) is 5.03. The van der Waals surface area contributed by atoms with E-state index in [4.69, 9.17) is 0 Å². The van der Waals surface area contributed by atoms with Crippen LogP contribution in [0, 0.1) is 0 Å². The second kappa shape index (κ2) is 8.39. The third-order valence-electron chi connectivity index (χ3n) is 6.08. The molecule has 0 unspecified atom stereocenters. The van der Waals surface area contributed by atoms with Crippen LogP contribution in [0.25, 0.3) is 0 Å². The number of piperidine rings is 1. The monoisotopic (exact) mass is 406 g/mol. The van der Waals surface area contributed by atoms with Gasteiger partial charge in [0.05, 0.1) is 0 Å². The summed E-state index contributed by atoms with van der Waals surface area (Å²) in [6, 6.07) is 7.87. The van der Waals surface area contributed by atoms with Gasteiger partial charge >= 0.3 is 0 Å². The van der Waals surface area contributed by atoms with Gasteiger partial charge in [0.1, 0.15) is 0 Å². The fraction of sp³-hybridized carbons (Fsp3) is 0.650. The van der Waals surface area contributed by atoms with Crippen molar-refractivity contribution < 1.29 is 13.2 Å². The number of anilines is 1. The Bertz CT molecular complexity index is 776. The summed E-state index contributed by atoms with van der Waals surface area (Å²) in [4.78, 5) is 17.0. The number of piperazine rings is 1. The van der Waals surface area contributed by atoms with Gasteiger partial charge < -0.3 is 9.80 Å². The van der Waals surface area contributed by atoms with E-state index in [-0.39, 0.29) is 5.91 Å². The molecule has 3 saturated heterocycles. The van der Waals surface area contributed by atoms with Gasteiger partial charge in [0.2, 0.25) is 0 Å². The fourth-order valence-corrected chi connectivity index (χ4v) is 6.02. The van der Waals surface area contributed by atoms with Crippen molar-refractivity contribution in [2.75, 3.05) is 57.3 Å². The van der Waals surface area contributed by atoms with Crippen molar-refractivity contribution in [3.05, 3.63) is 29.8 Å². The number of amides is 1. The zero-order chi connectivity index (χ0) is 19.6. The largest absolute Gasteiger partial charge is 0.372 e. The van der Waals surface area contributed by atoms with Crippen LogP contribution in [0.3, 0.4) is 0 Å². The summed E-state index contributed by atoms with van der Waals surface area (Å²) < 4.78 is 28.4. The number of rotatable bonds is 4. The Hall–Kier alpha value is -1.64. The molecule has 1 aromatic rings. The van der Waals surface area contributed by atoms with Crippen molar-refractivity contribution in [2.45, 2.75) is 32.1 Å². The molecule has 0 aliphatic carbocycles. The maximum atomic E-state index is 12.8. The van der Waals surface area contributed by atoms with E-state index in [0.717, 1.165) is 25.9 Å². The summed E-state index contributed by atoms with van der Waals surface area (Å²) in [6.07, 6.45) is 5.62. The standard InChI is InChI=1S/C20H30N4O3S/c25-20(18-6-8-19(9-7-18)21-10-2-1-3-11-21)22-14-16-24(17-15-22)28(26,27)23-12-4-5-13-23/h6-9H,1-5,10-17H2. The van der Waals surface area contributed by atoms with Gasteiger partial charge in [-0.15, -0.1) is 0 Å². The highest BCUT2D eigenvalue weighted by Gasteiger charge is 2.34. The van der Waals surface area contributed by atoms with E-state index in [2.05, 4.69) is 4.90 Å². The van der Waals surface area contributed by atoms with Gasteiger partial charge in [-0.05, 0) is 56.4 Å². The van der Waals surface area contributed by atoms with Gasteiger partial charge in [-0.25, -0.2) is 0 Å². The predicted octanol–water partition coefficient (Wildman–Crippen LogP) is 1.78. The topological polar surface area (TPSA) is 64.2 Å². The van der Waals surface area contributed by atoms with Crippen molar-refractivity contribution in [1.82, 2.24) is 13.5 Å². The van der Waals surface area contributed by atoms with E-state index in [1.807, 2.05) is 24.3 Å². The first-order valence-electron chi connectivity index (χ1n) is 10.5. The highest BCUT2D eigenvalue weighted by molar-refractivity contribution is 7.86. The molecule has 7 nitrogen and oxygen atoms in total. The molecule has 0 bridgehead atoms. The highest BCUT2D eigenvalue weighted by Crippen LogP contribution is 2.22. The first-order valence-corrected chi connectivity index (χ1v) is 11.8. The number of nitrogens with zero attached hydrogens (tertiary/aromatic N) is 4. The maximum Gasteiger partial charge on any atom is 0.282 e. The minimum atomic E-state index is -3.37. The summed E-state index contributed by atoms with van der Waals surface area (Å²) in [5, 5.41) is 0. The van der Waals surface area contributed by atoms with E-state index in [1.165, 1.54) is 29.3 Å². The smallest absolute Gasteiger partial charge is 0.282 e. The van der Waals surface area contributed by atoms with Crippen LogP contribution in [0.15, 0.2) is 24.3 Å². The molecule has 4 rings (SSSR count). The van der Waals surface area contributed by atoms with Crippen molar-refractivity contribution in [3.8, 4) is 0 Å². The molecule has 8 heteroatoms. The molecule has 3 aliphatic heterocycles. The lowest BCUT2D eigenvalue weighted by atomic mass is 10.1. The molecular formula is C20H30N4O3S. The lowest BCUT2D eigenvalue weighted by molar-refractivity contribution is 0.0694. The summed E-state index contributed by atoms with van der Waals surface area (Å²) in [5.41, 5.74) is 1.86. The normalized spacial score (nSPS) is 22.6. The van der Waals surface area contributed by atoms with E-state index in [9.17, 15) is 13.2 Å². The molecule has 0 atom stereocenters. The second-order valence-corrected chi connectivity index (χ2v) is 9.83. The Morgan fingerprint density at radius 3 is 1.82 bits per heavy atom. The summed E-state index contributed by atoms with van der Waals surface area (Å²) in [7, 11) is -3.37. The van der Waals surface area contributed by atoms with Crippen LogP contribution in [0.5, 0.6) is 0 Å². The molecule has 154 valence electrons. The van der Waals surface area contributed by atoms with Crippen molar-refractivity contribution in [1.29, 1.82) is 0 Å². The maximum absolute atomic E-state index is 12.8. The molecule has 0 radical (unpaired) electrons. The Kier molecular flexibility index (Phi) is 5.89. The van der Waals surface area contributed by atoms with Gasteiger partial charge in [0.15, 0.2) is 0 Å². The number of hydrogen-bond acceptors (Lipinski definition) is 4. The fourth-order valence-electron chi connectivity index (χ4n) is 4.35. The van der Waals surface area contributed by atoms with Gasteiger partial charge in [-0.1, -0.05) is 0 Å². The number of benzene rings is 1. The number of hydrogen-bond donors (Lipinski definition) is 0. The quantitative estimate of drug-likeness (QED) is 0.765. The molecule has 1 amide bonds. The Balaban J connectivity index is 1.34. The van der Waals surface area contributed by atoms with E-state index >= 15 is 0 Å². The van der Waals surface area contributed by atoms with E-state index in [0.29, 0.717) is 44.8 Å². The van der Waals surface area contributed by atoms with Crippen LogP contribution in [0.4, 0.5) is 5.69 Å². The number of carbonyl (C=O) groups is 1. The third kappa shape index (κ3) is 4.04.